The van der Waals surface area contributed by atoms with E-state index in [2.05, 4.69) is 12.2 Å². The number of carbonyl (C=O) groups is 1. The van der Waals surface area contributed by atoms with Gasteiger partial charge in [0, 0.05) is 23.2 Å². The van der Waals surface area contributed by atoms with Crippen LogP contribution >= 0.6 is 11.6 Å². The van der Waals surface area contributed by atoms with Crippen molar-refractivity contribution in [2.24, 2.45) is 0 Å². The quantitative estimate of drug-likeness (QED) is 0.788. The predicted molar refractivity (Wildman–Crippen MR) is 108 cm³/mol. The highest BCUT2D eigenvalue weighted by Crippen LogP contribution is 2.33. The van der Waals surface area contributed by atoms with Gasteiger partial charge in [0.25, 0.3) is 15.9 Å². The minimum absolute atomic E-state index is 0.109. The Labute approximate surface area is 165 Å². The topological polar surface area (TPSA) is 66.5 Å². The maximum absolute atomic E-state index is 12.9. The molecule has 5 nitrogen and oxygen atoms in total. The molecule has 1 atom stereocenters. The van der Waals surface area contributed by atoms with Gasteiger partial charge in [0.05, 0.1) is 10.6 Å². The Morgan fingerprint density at radius 3 is 2.59 bits per heavy atom. The van der Waals surface area contributed by atoms with Gasteiger partial charge in [-0.25, -0.2) is 8.42 Å². The molecule has 1 aliphatic heterocycles. The van der Waals surface area contributed by atoms with E-state index < -0.39 is 10.0 Å². The van der Waals surface area contributed by atoms with Crippen molar-refractivity contribution in [3.8, 4) is 0 Å². The first kappa shape index (κ1) is 19.7. The summed E-state index contributed by atoms with van der Waals surface area (Å²) in [6, 6.07) is 11.4. The van der Waals surface area contributed by atoms with E-state index in [0.717, 1.165) is 18.4 Å². The van der Waals surface area contributed by atoms with Gasteiger partial charge in [-0.2, -0.15) is 0 Å². The molecule has 7 heteroatoms. The molecular weight excluding hydrogens is 384 g/mol. The number of rotatable bonds is 6. The number of anilines is 1. The molecule has 0 spiro atoms. The van der Waals surface area contributed by atoms with E-state index in [1.54, 1.807) is 30.3 Å². The lowest BCUT2D eigenvalue weighted by Gasteiger charge is -2.20. The van der Waals surface area contributed by atoms with Crippen LogP contribution in [0.4, 0.5) is 5.69 Å². The molecule has 27 heavy (non-hydrogen) atoms. The number of amides is 1. The molecule has 0 aromatic heterocycles. The van der Waals surface area contributed by atoms with Crippen LogP contribution in [0.25, 0.3) is 0 Å². The maximum atomic E-state index is 12.9. The Morgan fingerprint density at radius 2 is 1.93 bits per heavy atom. The second-order valence-corrected chi connectivity index (χ2v) is 9.09. The lowest BCUT2D eigenvalue weighted by Crippen LogP contribution is -2.32. The summed E-state index contributed by atoms with van der Waals surface area (Å²) in [6.07, 6.45) is 2.50. The molecule has 0 saturated heterocycles. The van der Waals surface area contributed by atoms with Gasteiger partial charge in [0.1, 0.15) is 0 Å². The molecule has 1 N–H and O–H groups in total. The lowest BCUT2D eigenvalue weighted by molar-refractivity contribution is 0.0938. The number of nitrogens with one attached hydrogen (secondary N) is 1. The molecule has 1 aliphatic rings. The number of fused-ring (bicyclic) bond motifs is 1. The van der Waals surface area contributed by atoms with Crippen LogP contribution in [-0.4, -0.2) is 26.9 Å². The third-order valence-electron chi connectivity index (χ3n) is 4.70. The fourth-order valence-electron chi connectivity index (χ4n) is 3.31. The SMILES string of the molecule is CCC[C@H](C)NC(=O)c1ccc2c(c1)CCN2S(=O)(=O)c1ccc(Cl)cc1. The molecule has 0 bridgehead atoms. The first-order valence-electron chi connectivity index (χ1n) is 9.05. The van der Waals surface area contributed by atoms with Crippen molar-refractivity contribution in [2.75, 3.05) is 10.8 Å². The summed E-state index contributed by atoms with van der Waals surface area (Å²) in [6.45, 7) is 4.42. The van der Waals surface area contributed by atoms with Crippen LogP contribution in [0.5, 0.6) is 0 Å². The zero-order valence-electron chi connectivity index (χ0n) is 15.4. The molecular formula is C20H23ClN2O3S. The molecule has 0 fully saturated rings. The van der Waals surface area contributed by atoms with Gasteiger partial charge in [0.15, 0.2) is 0 Å². The van der Waals surface area contributed by atoms with E-state index in [4.69, 9.17) is 11.6 Å². The Balaban J connectivity index is 1.84. The van der Waals surface area contributed by atoms with Crippen LogP contribution in [0.2, 0.25) is 5.02 Å². The summed E-state index contributed by atoms with van der Waals surface area (Å²) in [7, 11) is -3.65. The van der Waals surface area contributed by atoms with Gasteiger partial charge in [-0.05, 0) is 67.8 Å². The number of hydrogen-bond donors (Lipinski definition) is 1. The monoisotopic (exact) mass is 406 g/mol. The summed E-state index contributed by atoms with van der Waals surface area (Å²) in [5.74, 6) is -0.127. The summed E-state index contributed by atoms with van der Waals surface area (Å²) >= 11 is 5.86. The van der Waals surface area contributed by atoms with Gasteiger partial charge >= 0.3 is 0 Å². The minimum atomic E-state index is -3.65. The van der Waals surface area contributed by atoms with Gasteiger partial charge in [-0.3, -0.25) is 9.10 Å². The Bertz CT molecular complexity index is 942. The predicted octanol–water partition coefficient (Wildman–Crippen LogP) is 4.01. The fourth-order valence-corrected chi connectivity index (χ4v) is 4.94. The van der Waals surface area contributed by atoms with E-state index >= 15 is 0 Å². The second kappa shape index (κ2) is 7.90. The van der Waals surface area contributed by atoms with Crippen molar-refractivity contribution in [1.29, 1.82) is 0 Å². The van der Waals surface area contributed by atoms with Crippen LogP contribution in [0.15, 0.2) is 47.4 Å². The van der Waals surface area contributed by atoms with Crippen LogP contribution in [0.3, 0.4) is 0 Å². The molecule has 0 radical (unpaired) electrons. The van der Waals surface area contributed by atoms with E-state index in [0.29, 0.717) is 29.2 Å². The number of carbonyl (C=O) groups excluding carboxylic acids is 1. The average Bonchev–Trinajstić information content (AvgIpc) is 3.06. The highest BCUT2D eigenvalue weighted by Gasteiger charge is 2.31. The second-order valence-electron chi connectivity index (χ2n) is 6.79. The normalized spacial score (nSPS) is 14.7. The molecule has 0 aliphatic carbocycles. The number of benzene rings is 2. The minimum Gasteiger partial charge on any atom is -0.350 e. The third kappa shape index (κ3) is 4.12. The Hall–Kier alpha value is -2.05. The lowest BCUT2D eigenvalue weighted by atomic mass is 10.1. The summed E-state index contributed by atoms with van der Waals surface area (Å²) in [4.78, 5) is 12.6. The van der Waals surface area contributed by atoms with Gasteiger partial charge < -0.3 is 5.32 Å². The Kier molecular flexibility index (Phi) is 5.77. The highest BCUT2D eigenvalue weighted by atomic mass is 35.5. The molecule has 2 aromatic rings. The average molecular weight is 407 g/mol. The number of nitrogens with zero attached hydrogens (tertiary/aromatic N) is 1. The third-order valence-corrected chi connectivity index (χ3v) is 6.77. The fraction of sp³-hybridized carbons (Fsp3) is 0.350. The van der Waals surface area contributed by atoms with Crippen molar-refractivity contribution >= 4 is 33.2 Å². The van der Waals surface area contributed by atoms with Crippen molar-refractivity contribution in [2.45, 2.75) is 44.0 Å². The number of hydrogen-bond acceptors (Lipinski definition) is 3. The molecule has 0 saturated carbocycles. The van der Waals surface area contributed by atoms with Crippen molar-refractivity contribution in [3.05, 3.63) is 58.6 Å². The smallest absolute Gasteiger partial charge is 0.264 e. The first-order valence-corrected chi connectivity index (χ1v) is 10.9. The first-order chi connectivity index (χ1) is 12.8. The largest absolute Gasteiger partial charge is 0.350 e. The van der Waals surface area contributed by atoms with Crippen LogP contribution in [0.1, 0.15) is 42.6 Å². The number of halogens is 1. The van der Waals surface area contributed by atoms with Crippen molar-refractivity contribution in [1.82, 2.24) is 5.32 Å². The summed E-state index contributed by atoms with van der Waals surface area (Å²) in [5.41, 5.74) is 2.05. The van der Waals surface area contributed by atoms with Crippen molar-refractivity contribution < 1.29 is 13.2 Å². The molecule has 1 heterocycles. The maximum Gasteiger partial charge on any atom is 0.264 e. The van der Waals surface area contributed by atoms with Gasteiger partial charge in [-0.1, -0.05) is 24.9 Å². The molecule has 1 amide bonds. The number of sulfonamides is 1. The zero-order valence-corrected chi connectivity index (χ0v) is 17.0. The van der Waals surface area contributed by atoms with E-state index in [9.17, 15) is 13.2 Å². The summed E-state index contributed by atoms with van der Waals surface area (Å²) < 4.78 is 27.3. The summed E-state index contributed by atoms with van der Waals surface area (Å²) in [5, 5.41) is 3.47. The van der Waals surface area contributed by atoms with Gasteiger partial charge in [-0.15, -0.1) is 0 Å². The van der Waals surface area contributed by atoms with Crippen LogP contribution in [0, 0.1) is 0 Å². The van der Waals surface area contributed by atoms with Gasteiger partial charge in [0.2, 0.25) is 0 Å². The van der Waals surface area contributed by atoms with E-state index in [1.807, 2.05) is 6.92 Å². The zero-order chi connectivity index (χ0) is 19.6. The standard InChI is InChI=1S/C20H23ClN2O3S/c1-3-4-14(2)22-20(24)16-5-10-19-15(13-16)11-12-23(19)27(25,26)18-8-6-17(21)7-9-18/h5-10,13-14H,3-4,11-12H2,1-2H3,(H,22,24)/t14-/m0/s1. The molecule has 144 valence electrons. The van der Waals surface area contributed by atoms with E-state index in [-0.39, 0.29) is 16.8 Å². The molecule has 2 aromatic carbocycles. The molecule has 3 rings (SSSR count). The van der Waals surface area contributed by atoms with Crippen LogP contribution in [-0.2, 0) is 16.4 Å². The van der Waals surface area contributed by atoms with Crippen molar-refractivity contribution in [3.63, 3.8) is 0 Å². The van der Waals surface area contributed by atoms with E-state index in [1.165, 1.54) is 16.4 Å². The molecule has 0 unspecified atom stereocenters. The van der Waals surface area contributed by atoms with Crippen LogP contribution < -0.4 is 9.62 Å². The highest BCUT2D eigenvalue weighted by molar-refractivity contribution is 7.92. The Morgan fingerprint density at radius 1 is 1.22 bits per heavy atom.